The van der Waals surface area contributed by atoms with Crippen LogP contribution in [-0.2, 0) is 14.3 Å². The first-order valence-electron chi connectivity index (χ1n) is 6.06. The average molecular weight is 282 g/mol. The second kappa shape index (κ2) is 10.5. The standard InChI is InChI=1S/C11H23N3O3.ClH/c1-13(3-7-16-6-2-12)10-11(15)14-4-8-17-9-5-14;/h2-10,12H2,1H3;1H. The summed E-state index contributed by atoms with van der Waals surface area (Å²) in [5.74, 6) is 0.162. The third-order valence-corrected chi connectivity index (χ3v) is 2.65. The van der Waals surface area contributed by atoms with Gasteiger partial charge in [0, 0.05) is 26.2 Å². The lowest BCUT2D eigenvalue weighted by Gasteiger charge is -2.28. The van der Waals surface area contributed by atoms with E-state index >= 15 is 0 Å². The zero-order chi connectivity index (χ0) is 12.5. The maximum Gasteiger partial charge on any atom is 0.236 e. The van der Waals surface area contributed by atoms with Crippen LogP contribution in [-0.4, -0.2) is 81.9 Å². The van der Waals surface area contributed by atoms with Crippen LogP contribution >= 0.6 is 12.4 Å². The van der Waals surface area contributed by atoms with Crippen LogP contribution in [0, 0.1) is 0 Å². The minimum Gasteiger partial charge on any atom is -0.379 e. The van der Waals surface area contributed by atoms with Crippen LogP contribution < -0.4 is 5.73 Å². The molecule has 0 aromatic rings. The molecule has 1 amide bonds. The van der Waals surface area contributed by atoms with Crippen LogP contribution in [0.25, 0.3) is 0 Å². The average Bonchev–Trinajstić information content (AvgIpc) is 2.36. The zero-order valence-corrected chi connectivity index (χ0v) is 11.8. The van der Waals surface area contributed by atoms with Gasteiger partial charge in [0.1, 0.15) is 0 Å². The number of nitrogens with zero attached hydrogens (tertiary/aromatic N) is 2. The Kier molecular flexibility index (Phi) is 10.3. The maximum atomic E-state index is 11.9. The number of carbonyl (C=O) groups excluding carboxylic acids is 1. The number of rotatable bonds is 7. The van der Waals surface area contributed by atoms with Crippen molar-refractivity contribution in [2.45, 2.75) is 0 Å². The molecular weight excluding hydrogens is 258 g/mol. The SMILES string of the molecule is CN(CCOCCN)CC(=O)N1CCOCC1.Cl. The first-order valence-corrected chi connectivity index (χ1v) is 6.06. The minimum absolute atomic E-state index is 0. The van der Waals surface area contributed by atoms with Crippen LogP contribution in [0.15, 0.2) is 0 Å². The highest BCUT2D eigenvalue weighted by molar-refractivity contribution is 5.85. The molecule has 6 nitrogen and oxygen atoms in total. The lowest BCUT2D eigenvalue weighted by molar-refractivity contribution is -0.136. The molecule has 0 saturated carbocycles. The number of halogens is 1. The first-order chi connectivity index (χ1) is 8.24. The maximum absolute atomic E-state index is 11.9. The van der Waals surface area contributed by atoms with Gasteiger partial charge in [-0.1, -0.05) is 0 Å². The summed E-state index contributed by atoms with van der Waals surface area (Å²) in [5, 5.41) is 0. The molecule has 0 bridgehead atoms. The van der Waals surface area contributed by atoms with E-state index in [4.69, 9.17) is 15.2 Å². The highest BCUT2D eigenvalue weighted by Gasteiger charge is 2.17. The Morgan fingerprint density at radius 3 is 2.67 bits per heavy atom. The molecule has 18 heavy (non-hydrogen) atoms. The molecule has 1 aliphatic rings. The van der Waals surface area contributed by atoms with Crippen molar-refractivity contribution in [1.29, 1.82) is 0 Å². The molecule has 7 heteroatoms. The molecule has 2 N–H and O–H groups in total. The van der Waals surface area contributed by atoms with Gasteiger partial charge in [-0.15, -0.1) is 12.4 Å². The molecule has 0 aliphatic carbocycles. The van der Waals surface area contributed by atoms with Gasteiger partial charge in [0.2, 0.25) is 5.91 Å². The fourth-order valence-electron chi connectivity index (χ4n) is 1.63. The smallest absolute Gasteiger partial charge is 0.236 e. The Morgan fingerprint density at radius 2 is 2.06 bits per heavy atom. The van der Waals surface area contributed by atoms with E-state index in [0.717, 1.165) is 6.54 Å². The van der Waals surface area contributed by atoms with Gasteiger partial charge < -0.3 is 20.1 Å². The summed E-state index contributed by atoms with van der Waals surface area (Å²) in [6.07, 6.45) is 0. The molecule has 1 aliphatic heterocycles. The molecule has 0 unspecified atom stereocenters. The Bertz CT molecular complexity index is 226. The molecule has 1 rings (SSSR count). The first kappa shape index (κ1) is 17.6. The normalized spacial score (nSPS) is 15.6. The highest BCUT2D eigenvalue weighted by Crippen LogP contribution is 1.98. The molecule has 1 fully saturated rings. The topological polar surface area (TPSA) is 68.0 Å². The number of hydrogen-bond acceptors (Lipinski definition) is 5. The van der Waals surface area contributed by atoms with E-state index < -0.39 is 0 Å². The van der Waals surface area contributed by atoms with Gasteiger partial charge in [-0.2, -0.15) is 0 Å². The summed E-state index contributed by atoms with van der Waals surface area (Å²) in [4.78, 5) is 15.7. The summed E-state index contributed by atoms with van der Waals surface area (Å²) in [6.45, 7) is 5.62. The van der Waals surface area contributed by atoms with Gasteiger partial charge in [-0.25, -0.2) is 0 Å². The van der Waals surface area contributed by atoms with Crippen molar-refractivity contribution >= 4 is 18.3 Å². The Balaban J connectivity index is 0.00000289. The van der Waals surface area contributed by atoms with Crippen LogP contribution in [0.2, 0.25) is 0 Å². The van der Waals surface area contributed by atoms with Crippen LogP contribution in [0.5, 0.6) is 0 Å². The van der Waals surface area contributed by atoms with Crippen molar-refractivity contribution in [3.8, 4) is 0 Å². The summed E-state index contributed by atoms with van der Waals surface area (Å²) < 4.78 is 10.5. The predicted octanol–water partition coefficient (Wildman–Crippen LogP) is -0.826. The number of ether oxygens (including phenoxy) is 2. The van der Waals surface area contributed by atoms with Gasteiger partial charge in [-0.3, -0.25) is 9.69 Å². The van der Waals surface area contributed by atoms with E-state index in [2.05, 4.69) is 0 Å². The third kappa shape index (κ3) is 7.13. The summed E-state index contributed by atoms with van der Waals surface area (Å²) in [6, 6.07) is 0. The predicted molar refractivity (Wildman–Crippen MR) is 72.0 cm³/mol. The molecule has 0 aromatic carbocycles. The number of likely N-dealkylation sites (N-methyl/N-ethyl adjacent to an activating group) is 1. The van der Waals surface area contributed by atoms with E-state index in [1.807, 2.05) is 16.8 Å². The fraction of sp³-hybridized carbons (Fsp3) is 0.909. The van der Waals surface area contributed by atoms with Crippen molar-refractivity contribution in [3.63, 3.8) is 0 Å². The van der Waals surface area contributed by atoms with Crippen molar-refractivity contribution < 1.29 is 14.3 Å². The largest absolute Gasteiger partial charge is 0.379 e. The van der Waals surface area contributed by atoms with Gasteiger partial charge in [0.25, 0.3) is 0 Å². The Hall–Kier alpha value is -0.400. The van der Waals surface area contributed by atoms with Crippen molar-refractivity contribution in [3.05, 3.63) is 0 Å². The summed E-state index contributed by atoms with van der Waals surface area (Å²) in [5.41, 5.74) is 5.31. The number of hydrogen-bond donors (Lipinski definition) is 1. The van der Waals surface area contributed by atoms with E-state index in [9.17, 15) is 4.79 Å². The number of amides is 1. The molecule has 0 spiro atoms. The minimum atomic E-state index is 0. The Labute approximate surface area is 115 Å². The molecule has 0 aromatic heterocycles. The lowest BCUT2D eigenvalue weighted by atomic mass is 10.4. The number of carbonyl (C=O) groups is 1. The van der Waals surface area contributed by atoms with Crippen LogP contribution in [0.4, 0.5) is 0 Å². The monoisotopic (exact) mass is 281 g/mol. The molecule has 0 radical (unpaired) electrons. The van der Waals surface area contributed by atoms with Crippen molar-refractivity contribution in [1.82, 2.24) is 9.80 Å². The van der Waals surface area contributed by atoms with Gasteiger partial charge in [-0.05, 0) is 7.05 Å². The van der Waals surface area contributed by atoms with Crippen LogP contribution in [0.3, 0.4) is 0 Å². The van der Waals surface area contributed by atoms with E-state index in [-0.39, 0.29) is 18.3 Å². The van der Waals surface area contributed by atoms with E-state index in [1.165, 1.54) is 0 Å². The molecular formula is C11H24ClN3O3. The van der Waals surface area contributed by atoms with Gasteiger partial charge in [0.05, 0.1) is 33.0 Å². The quantitative estimate of drug-likeness (QED) is 0.617. The number of nitrogens with two attached hydrogens (primary N) is 1. The van der Waals surface area contributed by atoms with E-state index in [0.29, 0.717) is 52.6 Å². The second-order valence-electron chi connectivity index (χ2n) is 4.13. The second-order valence-corrected chi connectivity index (χ2v) is 4.13. The Morgan fingerprint density at radius 1 is 1.39 bits per heavy atom. The van der Waals surface area contributed by atoms with Crippen molar-refractivity contribution in [2.24, 2.45) is 5.73 Å². The molecule has 0 atom stereocenters. The highest BCUT2D eigenvalue weighted by atomic mass is 35.5. The van der Waals surface area contributed by atoms with Gasteiger partial charge >= 0.3 is 0 Å². The van der Waals surface area contributed by atoms with Gasteiger partial charge in [0.15, 0.2) is 0 Å². The molecule has 1 saturated heterocycles. The van der Waals surface area contributed by atoms with Crippen LogP contribution in [0.1, 0.15) is 0 Å². The fourth-order valence-corrected chi connectivity index (χ4v) is 1.63. The molecule has 108 valence electrons. The van der Waals surface area contributed by atoms with E-state index in [1.54, 1.807) is 0 Å². The lowest BCUT2D eigenvalue weighted by Crippen LogP contribution is -2.45. The third-order valence-electron chi connectivity index (χ3n) is 2.65. The molecule has 1 heterocycles. The zero-order valence-electron chi connectivity index (χ0n) is 11.0. The summed E-state index contributed by atoms with van der Waals surface area (Å²) in [7, 11) is 1.92. The summed E-state index contributed by atoms with van der Waals surface area (Å²) >= 11 is 0. The van der Waals surface area contributed by atoms with Crippen molar-refractivity contribution in [2.75, 3.05) is 66.2 Å². The number of morpholine rings is 1.